The van der Waals surface area contributed by atoms with Crippen LogP contribution in [0.25, 0.3) is 0 Å². The first kappa shape index (κ1) is 16.5. The third-order valence-electron chi connectivity index (χ3n) is 3.36. The number of nitrogens with one attached hydrogen (secondary N) is 1. The number of amides is 1. The average molecular weight is 319 g/mol. The maximum atomic E-state index is 12.1. The highest BCUT2D eigenvalue weighted by atomic mass is 35.5. The van der Waals surface area contributed by atoms with Crippen molar-refractivity contribution in [2.24, 2.45) is 5.73 Å². The summed E-state index contributed by atoms with van der Waals surface area (Å²) in [5.74, 6) is -0.174. The zero-order valence-electron chi connectivity index (χ0n) is 12.1. The Bertz CT molecular complexity index is 612. The smallest absolute Gasteiger partial charge is 0.255 e. The van der Waals surface area contributed by atoms with Gasteiger partial charge in [-0.2, -0.15) is 0 Å². The Balaban J connectivity index is 1.93. The maximum absolute atomic E-state index is 12.1. The van der Waals surface area contributed by atoms with Crippen LogP contribution in [0, 0.1) is 0 Å². The van der Waals surface area contributed by atoms with Gasteiger partial charge in [0.2, 0.25) is 0 Å². The molecule has 1 atom stereocenters. The van der Waals surface area contributed by atoms with Crippen molar-refractivity contribution in [3.05, 3.63) is 64.7 Å². The Labute approximate surface area is 134 Å². The summed E-state index contributed by atoms with van der Waals surface area (Å²) in [7, 11) is 0. The van der Waals surface area contributed by atoms with E-state index >= 15 is 0 Å². The van der Waals surface area contributed by atoms with Crippen molar-refractivity contribution in [3.63, 3.8) is 0 Å². The number of benzene rings is 2. The molecule has 2 aromatic carbocycles. The van der Waals surface area contributed by atoms with Gasteiger partial charge < -0.3 is 16.2 Å². The van der Waals surface area contributed by atoms with Gasteiger partial charge in [0.1, 0.15) is 0 Å². The lowest BCUT2D eigenvalue weighted by Crippen LogP contribution is -2.24. The van der Waals surface area contributed by atoms with E-state index in [4.69, 9.17) is 22.4 Å². The van der Waals surface area contributed by atoms with Gasteiger partial charge in [-0.15, -0.1) is 0 Å². The molecule has 0 aliphatic carbocycles. The number of anilines is 1. The average Bonchev–Trinajstić information content (AvgIpc) is 2.54. The van der Waals surface area contributed by atoms with E-state index in [-0.39, 0.29) is 18.6 Å². The minimum atomic E-state index is -0.190. The van der Waals surface area contributed by atoms with E-state index in [0.717, 1.165) is 24.1 Å². The molecule has 0 aliphatic rings. The van der Waals surface area contributed by atoms with E-state index in [1.807, 2.05) is 24.3 Å². The van der Waals surface area contributed by atoms with Crippen LogP contribution in [-0.2, 0) is 6.42 Å². The fourth-order valence-electron chi connectivity index (χ4n) is 2.00. The van der Waals surface area contributed by atoms with Gasteiger partial charge >= 0.3 is 0 Å². The van der Waals surface area contributed by atoms with Gasteiger partial charge in [0.05, 0.1) is 6.61 Å². The highest BCUT2D eigenvalue weighted by molar-refractivity contribution is 6.30. The molecule has 1 unspecified atom stereocenters. The second-order valence-electron chi connectivity index (χ2n) is 5.14. The highest BCUT2D eigenvalue weighted by Gasteiger charge is 2.06. The molecule has 2 rings (SSSR count). The van der Waals surface area contributed by atoms with E-state index in [9.17, 15) is 4.79 Å². The lowest BCUT2D eigenvalue weighted by atomic mass is 10.1. The van der Waals surface area contributed by atoms with Crippen LogP contribution in [0.3, 0.4) is 0 Å². The van der Waals surface area contributed by atoms with Crippen LogP contribution >= 0.6 is 11.6 Å². The monoisotopic (exact) mass is 318 g/mol. The summed E-state index contributed by atoms with van der Waals surface area (Å²) in [5, 5.41) is 12.3. The van der Waals surface area contributed by atoms with Crippen LogP contribution < -0.4 is 11.1 Å². The van der Waals surface area contributed by atoms with E-state index in [0.29, 0.717) is 10.6 Å². The van der Waals surface area contributed by atoms with Gasteiger partial charge in [-0.05, 0) is 54.8 Å². The summed E-state index contributed by atoms with van der Waals surface area (Å²) >= 11 is 5.80. The lowest BCUT2D eigenvalue weighted by molar-refractivity contribution is 0.102. The second-order valence-corrected chi connectivity index (χ2v) is 5.58. The van der Waals surface area contributed by atoms with Crippen molar-refractivity contribution in [2.75, 3.05) is 11.9 Å². The molecular formula is C17H19ClN2O2. The van der Waals surface area contributed by atoms with Crippen LogP contribution in [0.2, 0.25) is 5.02 Å². The van der Waals surface area contributed by atoms with Crippen molar-refractivity contribution in [2.45, 2.75) is 18.9 Å². The summed E-state index contributed by atoms with van der Waals surface area (Å²) in [6.07, 6.45) is 1.53. The quantitative estimate of drug-likeness (QED) is 0.766. The lowest BCUT2D eigenvalue weighted by Gasteiger charge is -2.09. The molecule has 0 fully saturated rings. The van der Waals surface area contributed by atoms with Crippen LogP contribution in [-0.4, -0.2) is 23.7 Å². The topological polar surface area (TPSA) is 75.3 Å². The van der Waals surface area contributed by atoms with Crippen molar-refractivity contribution >= 4 is 23.2 Å². The molecule has 4 N–H and O–H groups in total. The van der Waals surface area contributed by atoms with Gasteiger partial charge in [0.15, 0.2) is 0 Å². The standard InChI is InChI=1S/C17H19ClN2O2/c18-14-6-4-13(5-7-14)17(22)20-16-9-2-12(3-10-16)1-8-15(19)11-21/h2-7,9-10,15,21H,1,8,11,19H2,(H,20,22). The SMILES string of the molecule is NC(CO)CCc1ccc(NC(=O)c2ccc(Cl)cc2)cc1. The maximum Gasteiger partial charge on any atom is 0.255 e. The molecule has 0 aliphatic heterocycles. The largest absolute Gasteiger partial charge is 0.395 e. The molecule has 0 saturated heterocycles. The molecule has 5 heteroatoms. The van der Waals surface area contributed by atoms with Gasteiger partial charge in [-0.1, -0.05) is 23.7 Å². The van der Waals surface area contributed by atoms with Gasteiger partial charge in [-0.25, -0.2) is 0 Å². The highest BCUT2D eigenvalue weighted by Crippen LogP contribution is 2.14. The number of carbonyl (C=O) groups is 1. The van der Waals surface area contributed by atoms with E-state index in [1.54, 1.807) is 24.3 Å². The first-order valence-corrected chi connectivity index (χ1v) is 7.48. The molecule has 0 saturated carbocycles. The van der Waals surface area contributed by atoms with Gasteiger partial charge in [-0.3, -0.25) is 4.79 Å². The molecule has 0 radical (unpaired) electrons. The summed E-state index contributed by atoms with van der Waals surface area (Å²) in [6, 6.07) is 14.1. The number of hydrogen-bond donors (Lipinski definition) is 3. The molecule has 4 nitrogen and oxygen atoms in total. The van der Waals surface area contributed by atoms with Crippen molar-refractivity contribution in [1.82, 2.24) is 0 Å². The number of halogens is 1. The van der Waals surface area contributed by atoms with Gasteiger partial charge in [0.25, 0.3) is 5.91 Å². The summed E-state index contributed by atoms with van der Waals surface area (Å²) in [5.41, 5.74) is 8.08. The number of nitrogens with two attached hydrogens (primary N) is 1. The Morgan fingerprint density at radius 1 is 1.14 bits per heavy atom. The van der Waals surface area contributed by atoms with Crippen LogP contribution in [0.5, 0.6) is 0 Å². The number of aliphatic hydroxyl groups excluding tert-OH is 1. The molecule has 116 valence electrons. The first-order chi connectivity index (χ1) is 10.6. The fourth-order valence-corrected chi connectivity index (χ4v) is 2.13. The summed E-state index contributed by atoms with van der Waals surface area (Å²) < 4.78 is 0. The van der Waals surface area contributed by atoms with E-state index in [1.165, 1.54) is 0 Å². The van der Waals surface area contributed by atoms with E-state index < -0.39 is 0 Å². The molecular weight excluding hydrogens is 300 g/mol. The minimum absolute atomic E-state index is 0.00473. The van der Waals surface area contributed by atoms with Crippen LogP contribution in [0.15, 0.2) is 48.5 Å². The predicted molar refractivity (Wildman–Crippen MR) is 89.2 cm³/mol. The Hall–Kier alpha value is -1.88. The zero-order valence-corrected chi connectivity index (χ0v) is 12.9. The predicted octanol–water partition coefficient (Wildman–Crippen LogP) is 2.84. The number of carbonyl (C=O) groups excluding carboxylic acids is 1. The number of hydrogen-bond acceptors (Lipinski definition) is 3. The molecule has 1 amide bonds. The van der Waals surface area contributed by atoms with Crippen molar-refractivity contribution in [3.8, 4) is 0 Å². The number of aliphatic hydroxyl groups is 1. The minimum Gasteiger partial charge on any atom is -0.395 e. The van der Waals surface area contributed by atoms with E-state index in [2.05, 4.69) is 5.32 Å². The summed E-state index contributed by atoms with van der Waals surface area (Å²) in [4.78, 5) is 12.1. The van der Waals surface area contributed by atoms with Crippen molar-refractivity contribution in [1.29, 1.82) is 0 Å². The molecule has 0 spiro atoms. The third kappa shape index (κ3) is 4.84. The molecule has 0 heterocycles. The van der Waals surface area contributed by atoms with Crippen LogP contribution in [0.1, 0.15) is 22.3 Å². The number of rotatable bonds is 6. The summed E-state index contributed by atoms with van der Waals surface area (Å²) in [6.45, 7) is -0.00473. The molecule has 22 heavy (non-hydrogen) atoms. The Kier molecular flexibility index (Phi) is 5.95. The Morgan fingerprint density at radius 3 is 2.36 bits per heavy atom. The van der Waals surface area contributed by atoms with Crippen LogP contribution in [0.4, 0.5) is 5.69 Å². The number of aryl methyl sites for hydroxylation is 1. The third-order valence-corrected chi connectivity index (χ3v) is 3.61. The fraction of sp³-hybridized carbons (Fsp3) is 0.235. The normalized spacial score (nSPS) is 12.0. The molecule has 2 aromatic rings. The molecule has 0 aromatic heterocycles. The van der Waals surface area contributed by atoms with Crippen molar-refractivity contribution < 1.29 is 9.90 Å². The second kappa shape index (κ2) is 7.94. The molecule has 0 bridgehead atoms. The van der Waals surface area contributed by atoms with Gasteiger partial charge in [0, 0.05) is 22.3 Å². The zero-order chi connectivity index (χ0) is 15.9. The Morgan fingerprint density at radius 2 is 1.77 bits per heavy atom. The first-order valence-electron chi connectivity index (χ1n) is 7.11.